The van der Waals surface area contributed by atoms with Gasteiger partial charge in [-0.1, -0.05) is 0 Å². The first-order chi connectivity index (χ1) is 12.8. The van der Waals surface area contributed by atoms with Gasteiger partial charge in [0.25, 0.3) is 0 Å². The van der Waals surface area contributed by atoms with Gasteiger partial charge in [0, 0.05) is 32.0 Å². The first-order valence-electron chi connectivity index (χ1n) is 8.86. The van der Waals surface area contributed by atoms with Gasteiger partial charge in [-0.2, -0.15) is 0 Å². The number of aromatic amines is 2. The first-order valence-corrected chi connectivity index (χ1v) is 8.86. The second-order valence-corrected chi connectivity index (χ2v) is 6.78. The minimum atomic E-state index is -0.0778. The fourth-order valence-electron chi connectivity index (χ4n) is 3.85. The van der Waals surface area contributed by atoms with E-state index in [2.05, 4.69) is 29.8 Å². The summed E-state index contributed by atoms with van der Waals surface area (Å²) in [6.45, 7) is 2.55. The number of rotatable bonds is 3. The molecule has 0 bridgehead atoms. The van der Waals surface area contributed by atoms with Crippen molar-refractivity contribution < 1.29 is 0 Å². The molecule has 5 rings (SSSR count). The molecule has 0 atom stereocenters. The van der Waals surface area contributed by atoms with E-state index in [0.717, 1.165) is 53.9 Å². The summed E-state index contributed by atoms with van der Waals surface area (Å²) in [5.41, 5.74) is 2.33. The number of imidazole rings is 1. The van der Waals surface area contributed by atoms with Gasteiger partial charge in [-0.25, -0.2) is 19.7 Å². The quantitative estimate of drug-likeness (QED) is 0.589. The maximum Gasteiger partial charge on any atom is 0.327 e. The molecule has 0 radical (unpaired) electrons. The van der Waals surface area contributed by atoms with Gasteiger partial charge >= 0.3 is 5.69 Å². The Morgan fingerprint density at radius 1 is 1.15 bits per heavy atom. The molecule has 1 saturated heterocycles. The van der Waals surface area contributed by atoms with Gasteiger partial charge in [0.1, 0.15) is 17.8 Å². The number of pyridine rings is 1. The van der Waals surface area contributed by atoms with Crippen molar-refractivity contribution >= 4 is 28.0 Å². The fourth-order valence-corrected chi connectivity index (χ4v) is 3.85. The third-order valence-electron chi connectivity index (χ3n) is 5.22. The van der Waals surface area contributed by atoms with E-state index in [-0.39, 0.29) is 5.69 Å². The zero-order valence-corrected chi connectivity index (χ0v) is 14.2. The van der Waals surface area contributed by atoms with Crippen molar-refractivity contribution in [3.63, 3.8) is 0 Å². The summed E-state index contributed by atoms with van der Waals surface area (Å²) < 4.78 is 1.77. The summed E-state index contributed by atoms with van der Waals surface area (Å²) in [6.07, 6.45) is 7.26. The number of nitrogens with one attached hydrogen (secondary N) is 2. The molecular formula is C18H19N7O. The van der Waals surface area contributed by atoms with E-state index in [9.17, 15) is 4.79 Å². The number of H-pyrrole nitrogens is 2. The Bertz CT molecular complexity index is 1120. The second-order valence-electron chi connectivity index (χ2n) is 6.78. The van der Waals surface area contributed by atoms with Crippen LogP contribution in [0.25, 0.3) is 22.2 Å². The average Bonchev–Trinajstić information content (AvgIpc) is 3.27. The molecule has 132 valence electrons. The summed E-state index contributed by atoms with van der Waals surface area (Å²) in [6, 6.07) is 5.75. The van der Waals surface area contributed by atoms with E-state index in [1.54, 1.807) is 17.1 Å². The standard InChI is InChI=1S/C18H19N7O/c26-18-23-14-2-1-6-20-17(14)25(18)10-12-4-8-24(9-5-12)16-13-3-7-19-15(13)21-11-22-16/h1-3,6-7,11-12H,4-5,8-10H2,(H,23,26)(H,19,21,22). The lowest BCUT2D eigenvalue weighted by Crippen LogP contribution is -2.36. The number of hydrogen-bond acceptors (Lipinski definition) is 5. The molecule has 1 aliphatic rings. The lowest BCUT2D eigenvalue weighted by Gasteiger charge is -2.33. The van der Waals surface area contributed by atoms with E-state index < -0.39 is 0 Å². The molecule has 0 unspecified atom stereocenters. The van der Waals surface area contributed by atoms with Crippen LogP contribution in [0.4, 0.5) is 5.82 Å². The molecule has 1 aliphatic heterocycles. The average molecular weight is 349 g/mol. The van der Waals surface area contributed by atoms with Crippen molar-refractivity contribution in [3.05, 3.63) is 47.4 Å². The number of fused-ring (bicyclic) bond motifs is 2. The minimum absolute atomic E-state index is 0.0778. The van der Waals surface area contributed by atoms with Gasteiger partial charge in [0.2, 0.25) is 0 Å². The molecule has 0 saturated carbocycles. The highest BCUT2D eigenvalue weighted by molar-refractivity contribution is 5.87. The van der Waals surface area contributed by atoms with Gasteiger partial charge in [0.05, 0.1) is 10.9 Å². The number of hydrogen-bond donors (Lipinski definition) is 2. The smallest absolute Gasteiger partial charge is 0.327 e. The molecule has 2 N–H and O–H groups in total. The van der Waals surface area contributed by atoms with Crippen LogP contribution in [-0.2, 0) is 6.54 Å². The van der Waals surface area contributed by atoms with Crippen molar-refractivity contribution in [1.82, 2.24) is 29.5 Å². The number of nitrogens with zero attached hydrogens (tertiary/aromatic N) is 5. The molecule has 4 aromatic heterocycles. The van der Waals surface area contributed by atoms with Gasteiger partial charge < -0.3 is 14.9 Å². The Hall–Kier alpha value is -3.16. The van der Waals surface area contributed by atoms with Crippen LogP contribution in [0.1, 0.15) is 12.8 Å². The molecule has 0 aliphatic carbocycles. The largest absolute Gasteiger partial charge is 0.356 e. The Morgan fingerprint density at radius 2 is 2.04 bits per heavy atom. The number of aromatic nitrogens is 6. The van der Waals surface area contributed by atoms with Crippen molar-refractivity contribution in [1.29, 1.82) is 0 Å². The number of anilines is 1. The predicted molar refractivity (Wildman–Crippen MR) is 99.2 cm³/mol. The van der Waals surface area contributed by atoms with Crippen molar-refractivity contribution in [2.24, 2.45) is 5.92 Å². The maximum atomic E-state index is 12.3. The Morgan fingerprint density at radius 3 is 2.92 bits per heavy atom. The molecule has 0 amide bonds. The molecule has 0 spiro atoms. The van der Waals surface area contributed by atoms with Crippen LogP contribution < -0.4 is 10.6 Å². The van der Waals surface area contributed by atoms with Crippen LogP contribution in [0.5, 0.6) is 0 Å². The third kappa shape index (κ3) is 2.45. The van der Waals surface area contributed by atoms with E-state index in [1.807, 2.05) is 24.4 Å². The first kappa shape index (κ1) is 15.1. The van der Waals surface area contributed by atoms with E-state index >= 15 is 0 Å². The fraction of sp³-hybridized carbons (Fsp3) is 0.333. The monoisotopic (exact) mass is 349 g/mol. The Balaban J connectivity index is 1.34. The van der Waals surface area contributed by atoms with Gasteiger partial charge in [0.15, 0.2) is 5.65 Å². The molecule has 0 aromatic carbocycles. The third-order valence-corrected chi connectivity index (χ3v) is 5.22. The molecular weight excluding hydrogens is 330 g/mol. The molecule has 5 heterocycles. The van der Waals surface area contributed by atoms with Crippen LogP contribution in [0.15, 0.2) is 41.7 Å². The van der Waals surface area contributed by atoms with Gasteiger partial charge in [-0.3, -0.25) is 4.57 Å². The molecule has 8 nitrogen and oxygen atoms in total. The zero-order chi connectivity index (χ0) is 17.5. The van der Waals surface area contributed by atoms with Gasteiger partial charge in [-0.05, 0) is 37.0 Å². The van der Waals surface area contributed by atoms with E-state index in [0.29, 0.717) is 12.5 Å². The summed E-state index contributed by atoms with van der Waals surface area (Å²) in [5, 5.41) is 1.06. The van der Waals surface area contributed by atoms with Crippen LogP contribution in [0.2, 0.25) is 0 Å². The maximum absolute atomic E-state index is 12.3. The summed E-state index contributed by atoms with van der Waals surface area (Å²) in [7, 11) is 0. The lowest BCUT2D eigenvalue weighted by molar-refractivity contribution is 0.356. The van der Waals surface area contributed by atoms with E-state index in [4.69, 9.17) is 0 Å². The van der Waals surface area contributed by atoms with Crippen molar-refractivity contribution in [3.8, 4) is 0 Å². The number of piperidine rings is 1. The normalized spacial score (nSPS) is 15.9. The minimum Gasteiger partial charge on any atom is -0.356 e. The van der Waals surface area contributed by atoms with Crippen LogP contribution in [-0.4, -0.2) is 42.6 Å². The molecule has 8 heteroatoms. The lowest BCUT2D eigenvalue weighted by atomic mass is 9.96. The predicted octanol–water partition coefficient (Wildman–Crippen LogP) is 1.91. The molecule has 26 heavy (non-hydrogen) atoms. The molecule has 4 aromatic rings. The van der Waals surface area contributed by atoms with Crippen LogP contribution in [0, 0.1) is 5.92 Å². The SMILES string of the molecule is O=c1[nH]c2cccnc2n1CC1CCN(c2ncnc3[nH]ccc23)CC1. The second kappa shape index (κ2) is 5.98. The Kier molecular flexibility index (Phi) is 3.48. The van der Waals surface area contributed by atoms with Crippen molar-refractivity contribution in [2.75, 3.05) is 18.0 Å². The van der Waals surface area contributed by atoms with E-state index in [1.165, 1.54) is 0 Å². The summed E-state index contributed by atoms with van der Waals surface area (Å²) in [4.78, 5) is 33.7. The van der Waals surface area contributed by atoms with Gasteiger partial charge in [-0.15, -0.1) is 0 Å². The summed E-state index contributed by atoms with van der Waals surface area (Å²) in [5.74, 6) is 1.44. The van der Waals surface area contributed by atoms with Crippen LogP contribution >= 0.6 is 0 Å². The van der Waals surface area contributed by atoms with Crippen molar-refractivity contribution in [2.45, 2.75) is 19.4 Å². The van der Waals surface area contributed by atoms with Crippen LogP contribution in [0.3, 0.4) is 0 Å². The highest BCUT2D eigenvalue weighted by Gasteiger charge is 2.23. The zero-order valence-electron chi connectivity index (χ0n) is 14.2. The highest BCUT2D eigenvalue weighted by Crippen LogP contribution is 2.27. The Labute approximate surface area is 148 Å². The topological polar surface area (TPSA) is 95.5 Å². The summed E-state index contributed by atoms with van der Waals surface area (Å²) >= 11 is 0. The highest BCUT2D eigenvalue weighted by atomic mass is 16.1. The molecule has 1 fully saturated rings.